The van der Waals surface area contributed by atoms with Gasteiger partial charge in [0.15, 0.2) is 0 Å². The van der Waals surface area contributed by atoms with Gasteiger partial charge in [-0.15, -0.1) is 0 Å². The molecule has 112 valence electrons. The van der Waals surface area contributed by atoms with Crippen LogP contribution in [0.4, 0.5) is 0 Å². The van der Waals surface area contributed by atoms with Crippen LogP contribution in [0.25, 0.3) is 0 Å². The highest BCUT2D eigenvalue weighted by Gasteiger charge is 2.48. The summed E-state index contributed by atoms with van der Waals surface area (Å²) in [6.07, 6.45) is 1.52. The summed E-state index contributed by atoms with van der Waals surface area (Å²) in [5.41, 5.74) is 0.227. The van der Waals surface area contributed by atoms with Crippen molar-refractivity contribution in [1.29, 1.82) is 0 Å². The van der Waals surface area contributed by atoms with Crippen molar-refractivity contribution in [1.82, 2.24) is 4.90 Å². The first-order valence-electron chi connectivity index (χ1n) is 7.10. The first-order chi connectivity index (χ1) is 9.93. The number of aromatic carboxylic acids is 1. The molecule has 1 saturated heterocycles. The molecule has 0 saturated carbocycles. The maximum Gasteiger partial charge on any atom is 0.335 e. The van der Waals surface area contributed by atoms with Crippen molar-refractivity contribution in [2.24, 2.45) is 5.41 Å². The molecule has 1 aromatic rings. The molecule has 0 unspecified atom stereocenters. The van der Waals surface area contributed by atoms with E-state index in [9.17, 15) is 14.4 Å². The van der Waals surface area contributed by atoms with Crippen LogP contribution in [0.15, 0.2) is 24.3 Å². The Balaban J connectivity index is 2.24. The highest BCUT2D eigenvalue weighted by Crippen LogP contribution is 2.39. The number of benzene rings is 1. The summed E-state index contributed by atoms with van der Waals surface area (Å²) < 4.78 is 0. The molecule has 21 heavy (non-hydrogen) atoms. The summed E-state index contributed by atoms with van der Waals surface area (Å²) in [4.78, 5) is 36.9. The molecule has 0 radical (unpaired) electrons. The van der Waals surface area contributed by atoms with Crippen LogP contribution in [0.5, 0.6) is 0 Å². The third-order valence-electron chi connectivity index (χ3n) is 4.36. The molecule has 2 amide bonds. The Morgan fingerprint density at radius 2 is 1.95 bits per heavy atom. The molecule has 0 aromatic heterocycles. The fraction of sp³-hybridized carbons (Fsp3) is 0.438. The SMILES string of the molecule is CCC1(CC)CC(=O)N(Cc2cccc(C(=O)O)c2)C1=O. The topological polar surface area (TPSA) is 74.7 Å². The molecule has 5 nitrogen and oxygen atoms in total. The molecule has 0 atom stereocenters. The van der Waals surface area contributed by atoms with Crippen LogP contribution in [0.3, 0.4) is 0 Å². The summed E-state index contributed by atoms with van der Waals surface area (Å²) in [6, 6.07) is 6.34. The molecule has 1 aliphatic heterocycles. The second-order valence-electron chi connectivity index (χ2n) is 5.45. The molecule has 0 aliphatic carbocycles. The van der Waals surface area contributed by atoms with E-state index in [-0.39, 0.29) is 30.3 Å². The number of carboxylic acids is 1. The maximum absolute atomic E-state index is 12.5. The van der Waals surface area contributed by atoms with Crippen LogP contribution in [0.2, 0.25) is 0 Å². The van der Waals surface area contributed by atoms with Crippen LogP contribution in [-0.4, -0.2) is 27.8 Å². The third kappa shape index (κ3) is 2.68. The number of imide groups is 1. The highest BCUT2D eigenvalue weighted by atomic mass is 16.4. The van der Waals surface area contributed by atoms with Gasteiger partial charge in [0.25, 0.3) is 0 Å². The number of likely N-dealkylation sites (tertiary alicyclic amines) is 1. The van der Waals surface area contributed by atoms with Crippen molar-refractivity contribution in [2.45, 2.75) is 39.7 Å². The van der Waals surface area contributed by atoms with Gasteiger partial charge in [-0.3, -0.25) is 14.5 Å². The molecule has 0 bridgehead atoms. The van der Waals surface area contributed by atoms with E-state index in [1.54, 1.807) is 12.1 Å². The number of carboxylic acid groups (broad SMARTS) is 1. The minimum atomic E-state index is -1.02. The molecule has 5 heteroatoms. The molecular formula is C16H19NO4. The summed E-state index contributed by atoms with van der Waals surface area (Å²) in [6.45, 7) is 3.98. The largest absolute Gasteiger partial charge is 0.478 e. The van der Waals surface area contributed by atoms with Crippen molar-refractivity contribution in [2.75, 3.05) is 0 Å². The predicted molar refractivity (Wildman–Crippen MR) is 76.6 cm³/mol. The first kappa shape index (κ1) is 15.2. The lowest BCUT2D eigenvalue weighted by atomic mass is 9.81. The van der Waals surface area contributed by atoms with Crippen LogP contribution >= 0.6 is 0 Å². The van der Waals surface area contributed by atoms with Gasteiger partial charge in [0.1, 0.15) is 0 Å². The fourth-order valence-corrected chi connectivity index (χ4v) is 2.81. The lowest BCUT2D eigenvalue weighted by Crippen LogP contribution is -2.34. The van der Waals surface area contributed by atoms with Crippen molar-refractivity contribution < 1.29 is 19.5 Å². The van der Waals surface area contributed by atoms with E-state index in [1.807, 2.05) is 13.8 Å². The number of carbonyl (C=O) groups excluding carboxylic acids is 2. The van der Waals surface area contributed by atoms with Gasteiger partial charge in [0, 0.05) is 6.42 Å². The van der Waals surface area contributed by atoms with E-state index in [0.29, 0.717) is 18.4 Å². The number of nitrogens with zero attached hydrogens (tertiary/aromatic N) is 1. The Morgan fingerprint density at radius 1 is 1.29 bits per heavy atom. The summed E-state index contributed by atoms with van der Waals surface area (Å²) in [7, 11) is 0. The Morgan fingerprint density at radius 3 is 2.48 bits per heavy atom. The smallest absolute Gasteiger partial charge is 0.335 e. The lowest BCUT2D eigenvalue weighted by molar-refractivity contribution is -0.142. The Bertz CT molecular complexity index is 590. The van der Waals surface area contributed by atoms with E-state index < -0.39 is 11.4 Å². The van der Waals surface area contributed by atoms with Crippen molar-refractivity contribution in [3.05, 3.63) is 35.4 Å². The van der Waals surface area contributed by atoms with Gasteiger partial charge in [-0.2, -0.15) is 0 Å². The second kappa shape index (κ2) is 5.68. The molecule has 1 aliphatic rings. The Kier molecular flexibility index (Phi) is 4.11. The summed E-state index contributed by atoms with van der Waals surface area (Å²) >= 11 is 0. The van der Waals surface area contributed by atoms with Crippen molar-refractivity contribution in [3.8, 4) is 0 Å². The van der Waals surface area contributed by atoms with Crippen LogP contribution in [0, 0.1) is 5.41 Å². The minimum Gasteiger partial charge on any atom is -0.478 e. The van der Waals surface area contributed by atoms with Gasteiger partial charge in [-0.25, -0.2) is 4.79 Å². The molecule has 1 heterocycles. The number of hydrogen-bond acceptors (Lipinski definition) is 3. The third-order valence-corrected chi connectivity index (χ3v) is 4.36. The maximum atomic E-state index is 12.5. The van der Waals surface area contributed by atoms with Crippen LogP contribution < -0.4 is 0 Å². The Hall–Kier alpha value is -2.17. The monoisotopic (exact) mass is 289 g/mol. The van der Waals surface area contributed by atoms with E-state index in [0.717, 1.165) is 0 Å². The van der Waals surface area contributed by atoms with Crippen LogP contribution in [-0.2, 0) is 16.1 Å². The van der Waals surface area contributed by atoms with Gasteiger partial charge < -0.3 is 5.11 Å². The van der Waals surface area contributed by atoms with E-state index in [1.165, 1.54) is 17.0 Å². The van der Waals surface area contributed by atoms with Gasteiger partial charge >= 0.3 is 5.97 Å². The van der Waals surface area contributed by atoms with E-state index in [2.05, 4.69) is 0 Å². The average molecular weight is 289 g/mol. The zero-order valence-corrected chi connectivity index (χ0v) is 12.3. The summed E-state index contributed by atoms with van der Waals surface area (Å²) in [5, 5.41) is 8.99. The molecular weight excluding hydrogens is 270 g/mol. The zero-order chi connectivity index (χ0) is 15.6. The molecule has 0 spiro atoms. The lowest BCUT2D eigenvalue weighted by Gasteiger charge is -2.23. The fourth-order valence-electron chi connectivity index (χ4n) is 2.81. The van der Waals surface area contributed by atoms with Gasteiger partial charge in [-0.1, -0.05) is 26.0 Å². The van der Waals surface area contributed by atoms with Crippen molar-refractivity contribution in [3.63, 3.8) is 0 Å². The normalized spacial score (nSPS) is 17.3. The van der Waals surface area contributed by atoms with Gasteiger partial charge in [0.05, 0.1) is 17.5 Å². The zero-order valence-electron chi connectivity index (χ0n) is 12.3. The molecule has 2 rings (SSSR count). The van der Waals surface area contributed by atoms with Gasteiger partial charge in [-0.05, 0) is 30.5 Å². The standard InChI is InChI=1S/C16H19NO4/c1-3-16(4-2)9-13(18)17(15(16)21)10-11-6-5-7-12(8-11)14(19)20/h5-8H,3-4,9-10H2,1-2H3,(H,19,20). The minimum absolute atomic E-state index is 0.139. The van der Waals surface area contributed by atoms with Crippen molar-refractivity contribution >= 4 is 17.8 Å². The van der Waals surface area contributed by atoms with Crippen LogP contribution in [0.1, 0.15) is 49.0 Å². The number of hydrogen-bond donors (Lipinski definition) is 1. The predicted octanol–water partition coefficient (Wildman–Crippen LogP) is 2.45. The molecule has 1 aromatic carbocycles. The van der Waals surface area contributed by atoms with E-state index in [4.69, 9.17) is 5.11 Å². The molecule has 1 N–H and O–H groups in total. The number of amides is 2. The highest BCUT2D eigenvalue weighted by molar-refractivity contribution is 6.05. The average Bonchev–Trinajstić information content (AvgIpc) is 2.72. The Labute approximate surface area is 123 Å². The second-order valence-corrected chi connectivity index (χ2v) is 5.45. The quantitative estimate of drug-likeness (QED) is 0.845. The van der Waals surface area contributed by atoms with Gasteiger partial charge in [0.2, 0.25) is 11.8 Å². The number of rotatable bonds is 5. The van der Waals surface area contributed by atoms with E-state index >= 15 is 0 Å². The summed E-state index contributed by atoms with van der Waals surface area (Å²) in [5.74, 6) is -1.34. The number of carbonyl (C=O) groups is 3. The molecule has 1 fully saturated rings. The first-order valence-corrected chi connectivity index (χ1v) is 7.10.